The zero-order valence-corrected chi connectivity index (χ0v) is 10.2. The standard InChI is InChI=1S/C11H17N3O3/c1-7(2)5-13-6-9(4-12)10(15)14-8(3)11(16)17/h6-8,13H,5H2,1-3H3,(H,14,15)(H,16,17)/b9-6-. The van der Waals surface area contributed by atoms with Gasteiger partial charge in [0.05, 0.1) is 0 Å². The van der Waals surface area contributed by atoms with Crippen molar-refractivity contribution in [1.82, 2.24) is 10.6 Å². The van der Waals surface area contributed by atoms with E-state index in [1.165, 1.54) is 13.1 Å². The van der Waals surface area contributed by atoms with Gasteiger partial charge in [-0.3, -0.25) is 9.59 Å². The first-order valence-corrected chi connectivity index (χ1v) is 5.25. The Morgan fingerprint density at radius 3 is 2.41 bits per heavy atom. The monoisotopic (exact) mass is 239 g/mol. The van der Waals surface area contributed by atoms with Crippen molar-refractivity contribution in [1.29, 1.82) is 5.26 Å². The summed E-state index contributed by atoms with van der Waals surface area (Å²) in [5, 5.41) is 22.4. The van der Waals surface area contributed by atoms with Crippen LogP contribution in [0.2, 0.25) is 0 Å². The number of nitrogens with zero attached hydrogens (tertiary/aromatic N) is 1. The molecule has 0 bridgehead atoms. The van der Waals surface area contributed by atoms with Crippen LogP contribution in [0, 0.1) is 17.2 Å². The third-order valence-electron chi connectivity index (χ3n) is 1.86. The van der Waals surface area contributed by atoms with Crippen LogP contribution in [0.15, 0.2) is 11.8 Å². The molecule has 0 rings (SSSR count). The maximum atomic E-state index is 11.5. The molecule has 1 unspecified atom stereocenters. The summed E-state index contributed by atoms with van der Waals surface area (Å²) >= 11 is 0. The highest BCUT2D eigenvalue weighted by molar-refractivity contribution is 5.98. The molecular formula is C11H17N3O3. The van der Waals surface area contributed by atoms with Crippen LogP contribution in [-0.4, -0.2) is 29.6 Å². The minimum atomic E-state index is -1.15. The highest BCUT2D eigenvalue weighted by Gasteiger charge is 2.16. The topological polar surface area (TPSA) is 102 Å². The van der Waals surface area contributed by atoms with Crippen molar-refractivity contribution in [3.63, 3.8) is 0 Å². The van der Waals surface area contributed by atoms with Crippen LogP contribution in [-0.2, 0) is 9.59 Å². The molecule has 0 fully saturated rings. The number of nitrogens with one attached hydrogen (secondary N) is 2. The van der Waals surface area contributed by atoms with Crippen molar-refractivity contribution in [3.05, 3.63) is 11.8 Å². The van der Waals surface area contributed by atoms with Crippen LogP contribution in [0.5, 0.6) is 0 Å². The number of carboxylic acids is 1. The number of amides is 1. The van der Waals surface area contributed by atoms with E-state index in [0.29, 0.717) is 12.5 Å². The van der Waals surface area contributed by atoms with E-state index in [0.717, 1.165) is 0 Å². The van der Waals surface area contributed by atoms with E-state index in [1.807, 2.05) is 13.8 Å². The zero-order valence-electron chi connectivity index (χ0n) is 10.2. The number of hydrogen-bond acceptors (Lipinski definition) is 4. The van der Waals surface area contributed by atoms with Crippen LogP contribution in [0.25, 0.3) is 0 Å². The Hall–Kier alpha value is -2.03. The van der Waals surface area contributed by atoms with Gasteiger partial charge in [-0.1, -0.05) is 13.8 Å². The minimum absolute atomic E-state index is 0.140. The molecule has 1 amide bonds. The summed E-state index contributed by atoms with van der Waals surface area (Å²) in [6, 6.07) is 0.690. The number of nitriles is 1. The lowest BCUT2D eigenvalue weighted by Gasteiger charge is -2.09. The molecule has 0 spiro atoms. The van der Waals surface area contributed by atoms with E-state index >= 15 is 0 Å². The zero-order chi connectivity index (χ0) is 13.4. The molecule has 94 valence electrons. The second kappa shape index (κ2) is 7.28. The minimum Gasteiger partial charge on any atom is -0.480 e. The van der Waals surface area contributed by atoms with E-state index in [4.69, 9.17) is 10.4 Å². The lowest BCUT2D eigenvalue weighted by molar-refractivity contribution is -0.140. The lowest BCUT2D eigenvalue weighted by Crippen LogP contribution is -2.39. The van der Waals surface area contributed by atoms with Crippen molar-refractivity contribution >= 4 is 11.9 Å². The van der Waals surface area contributed by atoms with Crippen LogP contribution >= 0.6 is 0 Å². The van der Waals surface area contributed by atoms with Gasteiger partial charge in [-0.05, 0) is 12.8 Å². The second-order valence-corrected chi connectivity index (χ2v) is 4.01. The summed E-state index contributed by atoms with van der Waals surface area (Å²) in [5.41, 5.74) is -0.140. The van der Waals surface area contributed by atoms with E-state index in [-0.39, 0.29) is 5.57 Å². The third-order valence-corrected chi connectivity index (χ3v) is 1.86. The van der Waals surface area contributed by atoms with Gasteiger partial charge >= 0.3 is 5.97 Å². The predicted molar refractivity (Wildman–Crippen MR) is 61.8 cm³/mol. The third kappa shape index (κ3) is 6.20. The fourth-order valence-electron chi connectivity index (χ4n) is 0.881. The van der Waals surface area contributed by atoms with Crippen LogP contribution in [0.1, 0.15) is 20.8 Å². The maximum Gasteiger partial charge on any atom is 0.325 e. The molecule has 0 aromatic rings. The molecule has 0 saturated heterocycles. The van der Waals surface area contributed by atoms with Gasteiger partial charge in [0.1, 0.15) is 17.7 Å². The molecule has 0 saturated carbocycles. The molecule has 0 aromatic heterocycles. The summed E-state index contributed by atoms with van der Waals surface area (Å²) in [4.78, 5) is 22.0. The number of carbonyl (C=O) groups excluding carboxylic acids is 1. The van der Waals surface area contributed by atoms with Crippen molar-refractivity contribution < 1.29 is 14.7 Å². The van der Waals surface area contributed by atoms with Crippen molar-refractivity contribution in [3.8, 4) is 6.07 Å². The molecular weight excluding hydrogens is 222 g/mol. The normalized spacial score (nSPS) is 12.8. The largest absolute Gasteiger partial charge is 0.480 e. The van der Waals surface area contributed by atoms with Crippen LogP contribution in [0.3, 0.4) is 0 Å². The molecule has 6 heteroatoms. The average Bonchev–Trinajstić information content (AvgIpc) is 2.23. The maximum absolute atomic E-state index is 11.5. The van der Waals surface area contributed by atoms with Crippen molar-refractivity contribution in [2.45, 2.75) is 26.8 Å². The predicted octanol–water partition coefficient (Wildman–Crippen LogP) is 0.229. The SMILES string of the molecule is CC(C)CN/C=C(/C#N)C(=O)NC(C)C(=O)O. The van der Waals surface area contributed by atoms with Gasteiger partial charge in [-0.15, -0.1) is 0 Å². The van der Waals surface area contributed by atoms with Gasteiger partial charge in [0, 0.05) is 12.7 Å². The summed E-state index contributed by atoms with van der Waals surface area (Å²) in [6.07, 6.45) is 1.30. The highest BCUT2D eigenvalue weighted by atomic mass is 16.4. The quantitative estimate of drug-likeness (QED) is 0.455. The van der Waals surface area contributed by atoms with Gasteiger partial charge in [0.2, 0.25) is 0 Å². The molecule has 0 aliphatic rings. The Balaban J connectivity index is 4.41. The fraction of sp³-hybridized carbons (Fsp3) is 0.545. The smallest absolute Gasteiger partial charge is 0.325 e. The van der Waals surface area contributed by atoms with Gasteiger partial charge in [0.15, 0.2) is 0 Å². The van der Waals surface area contributed by atoms with E-state index < -0.39 is 17.9 Å². The first-order valence-electron chi connectivity index (χ1n) is 5.25. The van der Waals surface area contributed by atoms with E-state index in [2.05, 4.69) is 10.6 Å². The van der Waals surface area contributed by atoms with Crippen molar-refractivity contribution in [2.24, 2.45) is 5.92 Å². The number of carboxylic acid groups (broad SMARTS) is 1. The Kier molecular flexibility index (Phi) is 6.41. The number of hydrogen-bond donors (Lipinski definition) is 3. The fourth-order valence-corrected chi connectivity index (χ4v) is 0.881. The molecule has 0 radical (unpaired) electrons. The van der Waals surface area contributed by atoms with Crippen LogP contribution < -0.4 is 10.6 Å². The molecule has 0 heterocycles. The van der Waals surface area contributed by atoms with Crippen molar-refractivity contribution in [2.75, 3.05) is 6.54 Å². The Labute approximate surface area is 100 Å². The number of carbonyl (C=O) groups is 2. The Morgan fingerprint density at radius 2 is 2.00 bits per heavy atom. The van der Waals surface area contributed by atoms with E-state index in [9.17, 15) is 9.59 Å². The first kappa shape index (κ1) is 15.0. The molecule has 0 aliphatic carbocycles. The van der Waals surface area contributed by atoms with Gasteiger partial charge < -0.3 is 15.7 Å². The molecule has 0 aromatic carbocycles. The van der Waals surface area contributed by atoms with Gasteiger partial charge in [0.25, 0.3) is 5.91 Å². The van der Waals surface area contributed by atoms with Gasteiger partial charge in [-0.25, -0.2) is 0 Å². The molecule has 6 nitrogen and oxygen atoms in total. The highest BCUT2D eigenvalue weighted by Crippen LogP contribution is 1.94. The molecule has 0 aliphatic heterocycles. The van der Waals surface area contributed by atoms with Gasteiger partial charge in [-0.2, -0.15) is 5.26 Å². The Bertz CT molecular complexity index is 355. The number of rotatable bonds is 6. The molecule has 3 N–H and O–H groups in total. The summed E-state index contributed by atoms with van der Waals surface area (Å²) in [6.45, 7) is 5.93. The summed E-state index contributed by atoms with van der Waals surface area (Å²) in [5.74, 6) is -1.46. The summed E-state index contributed by atoms with van der Waals surface area (Å²) < 4.78 is 0. The lowest BCUT2D eigenvalue weighted by atomic mass is 10.2. The Morgan fingerprint density at radius 1 is 1.41 bits per heavy atom. The molecule has 1 atom stereocenters. The second-order valence-electron chi connectivity index (χ2n) is 4.01. The number of aliphatic carboxylic acids is 1. The summed E-state index contributed by atoms with van der Waals surface area (Å²) in [7, 11) is 0. The average molecular weight is 239 g/mol. The van der Waals surface area contributed by atoms with Crippen LogP contribution in [0.4, 0.5) is 0 Å². The first-order chi connectivity index (χ1) is 7.88. The van der Waals surface area contributed by atoms with E-state index in [1.54, 1.807) is 6.07 Å². The molecule has 17 heavy (non-hydrogen) atoms.